The van der Waals surface area contributed by atoms with Gasteiger partial charge in [0.25, 0.3) is 0 Å². The maximum Gasteiger partial charge on any atom is 0.0468 e. The summed E-state index contributed by atoms with van der Waals surface area (Å²) in [4.78, 5) is 2.43. The van der Waals surface area contributed by atoms with Crippen LogP contribution in [0.2, 0.25) is 10.0 Å². The second kappa shape index (κ2) is 7.13. The minimum absolute atomic E-state index is 0.306. The Bertz CT molecular complexity index is 450. The molecule has 0 spiro atoms. The van der Waals surface area contributed by atoms with Gasteiger partial charge in [0.1, 0.15) is 0 Å². The van der Waals surface area contributed by atoms with Crippen molar-refractivity contribution in [2.45, 2.75) is 51.2 Å². The average molecular weight is 315 g/mol. The third-order valence-electron chi connectivity index (χ3n) is 4.39. The van der Waals surface area contributed by atoms with Gasteiger partial charge in [-0.1, -0.05) is 36.2 Å². The Morgan fingerprint density at radius 2 is 2.15 bits per heavy atom. The molecule has 4 heteroatoms. The third kappa shape index (κ3) is 3.88. The van der Waals surface area contributed by atoms with E-state index in [2.05, 4.69) is 31.1 Å². The molecule has 1 N–H and O–H groups in total. The molecule has 1 aromatic rings. The Balaban J connectivity index is 2.05. The molecule has 0 saturated carbocycles. The monoisotopic (exact) mass is 314 g/mol. The van der Waals surface area contributed by atoms with Crippen LogP contribution in [0.1, 0.15) is 44.7 Å². The number of hydrogen-bond acceptors (Lipinski definition) is 2. The van der Waals surface area contributed by atoms with Crippen LogP contribution in [-0.2, 0) is 0 Å². The molecular weight excluding hydrogens is 291 g/mol. The fourth-order valence-corrected chi connectivity index (χ4v) is 3.48. The number of nitrogens with zero attached hydrogens (tertiary/aromatic N) is 1. The van der Waals surface area contributed by atoms with E-state index >= 15 is 0 Å². The van der Waals surface area contributed by atoms with Gasteiger partial charge in [0.2, 0.25) is 0 Å². The minimum atomic E-state index is 0.306. The summed E-state index contributed by atoms with van der Waals surface area (Å²) in [5.41, 5.74) is 1.16. The topological polar surface area (TPSA) is 15.3 Å². The molecule has 2 rings (SSSR count). The van der Waals surface area contributed by atoms with E-state index in [0.29, 0.717) is 23.1 Å². The van der Waals surface area contributed by atoms with Crippen molar-refractivity contribution in [3.63, 3.8) is 0 Å². The number of piperidine rings is 1. The Hall–Kier alpha value is -0.280. The fourth-order valence-electron chi connectivity index (χ4n) is 2.94. The summed E-state index contributed by atoms with van der Waals surface area (Å²) in [6.07, 6.45) is 3.42. The lowest BCUT2D eigenvalue weighted by Gasteiger charge is -2.37. The zero-order valence-electron chi connectivity index (χ0n) is 12.5. The first-order valence-corrected chi connectivity index (χ1v) is 8.18. The smallest absolute Gasteiger partial charge is 0.0468 e. The van der Waals surface area contributed by atoms with Gasteiger partial charge < -0.3 is 10.2 Å². The molecular formula is C16H24Cl2N2. The summed E-state index contributed by atoms with van der Waals surface area (Å²) in [6.45, 7) is 5.65. The number of halogens is 2. The van der Waals surface area contributed by atoms with Crippen LogP contribution in [0.3, 0.4) is 0 Å². The van der Waals surface area contributed by atoms with Gasteiger partial charge in [0.05, 0.1) is 0 Å². The van der Waals surface area contributed by atoms with E-state index in [1.54, 1.807) is 0 Å². The van der Waals surface area contributed by atoms with Gasteiger partial charge in [0.15, 0.2) is 0 Å². The highest BCUT2D eigenvalue weighted by Crippen LogP contribution is 2.29. The predicted molar refractivity (Wildman–Crippen MR) is 87.7 cm³/mol. The van der Waals surface area contributed by atoms with Crippen molar-refractivity contribution in [1.29, 1.82) is 0 Å². The zero-order chi connectivity index (χ0) is 14.7. The summed E-state index contributed by atoms with van der Waals surface area (Å²) in [5, 5.41) is 5.24. The average Bonchev–Trinajstić information content (AvgIpc) is 2.41. The van der Waals surface area contributed by atoms with Crippen LogP contribution >= 0.6 is 23.2 Å². The van der Waals surface area contributed by atoms with Crippen LogP contribution < -0.4 is 5.32 Å². The van der Waals surface area contributed by atoms with Crippen molar-refractivity contribution in [1.82, 2.24) is 10.2 Å². The summed E-state index contributed by atoms with van der Waals surface area (Å²) >= 11 is 12.3. The third-order valence-corrected chi connectivity index (χ3v) is 4.95. The highest BCUT2D eigenvalue weighted by atomic mass is 35.5. The standard InChI is InChI=1S/C16H24Cl2N2/c1-4-16(14-6-5-12(17)10-15(14)18)19-13-7-8-20(3)11(2)9-13/h5-6,10-11,13,16,19H,4,7-9H2,1-3H3. The predicted octanol–water partition coefficient (Wildman–Crippen LogP) is 4.52. The molecule has 112 valence electrons. The van der Waals surface area contributed by atoms with Crippen molar-refractivity contribution in [2.75, 3.05) is 13.6 Å². The molecule has 1 heterocycles. The van der Waals surface area contributed by atoms with Gasteiger partial charge in [-0.25, -0.2) is 0 Å². The maximum atomic E-state index is 6.34. The van der Waals surface area contributed by atoms with Crippen LogP contribution in [0.15, 0.2) is 18.2 Å². The summed E-state index contributed by atoms with van der Waals surface area (Å²) in [5.74, 6) is 0. The van der Waals surface area contributed by atoms with Crippen LogP contribution in [0.25, 0.3) is 0 Å². The van der Waals surface area contributed by atoms with Gasteiger partial charge in [-0.3, -0.25) is 0 Å². The maximum absolute atomic E-state index is 6.34. The molecule has 2 nitrogen and oxygen atoms in total. The van der Waals surface area contributed by atoms with E-state index in [1.807, 2.05) is 18.2 Å². The van der Waals surface area contributed by atoms with E-state index in [1.165, 1.54) is 12.8 Å². The highest BCUT2D eigenvalue weighted by molar-refractivity contribution is 6.35. The number of benzene rings is 1. The molecule has 0 amide bonds. The molecule has 1 aliphatic heterocycles. The molecule has 20 heavy (non-hydrogen) atoms. The number of hydrogen-bond donors (Lipinski definition) is 1. The Kier molecular flexibility index (Phi) is 5.74. The van der Waals surface area contributed by atoms with Gasteiger partial charge in [-0.05, 0) is 57.5 Å². The summed E-state index contributed by atoms with van der Waals surface area (Å²) < 4.78 is 0. The van der Waals surface area contributed by atoms with Crippen LogP contribution in [-0.4, -0.2) is 30.6 Å². The highest BCUT2D eigenvalue weighted by Gasteiger charge is 2.25. The van der Waals surface area contributed by atoms with Crippen molar-refractivity contribution < 1.29 is 0 Å². The second-order valence-corrected chi connectivity index (χ2v) is 6.69. The minimum Gasteiger partial charge on any atom is -0.307 e. The number of rotatable bonds is 4. The Labute approximate surface area is 132 Å². The van der Waals surface area contributed by atoms with Gasteiger partial charge >= 0.3 is 0 Å². The van der Waals surface area contributed by atoms with Crippen molar-refractivity contribution in [3.8, 4) is 0 Å². The first-order chi connectivity index (χ1) is 9.51. The van der Waals surface area contributed by atoms with Crippen molar-refractivity contribution >= 4 is 23.2 Å². The molecule has 1 saturated heterocycles. The Morgan fingerprint density at radius 1 is 1.40 bits per heavy atom. The summed E-state index contributed by atoms with van der Waals surface area (Å²) in [7, 11) is 2.20. The molecule has 0 aliphatic carbocycles. The fraction of sp³-hybridized carbons (Fsp3) is 0.625. The second-order valence-electron chi connectivity index (χ2n) is 5.84. The molecule has 0 bridgehead atoms. The van der Waals surface area contributed by atoms with Crippen LogP contribution in [0, 0.1) is 0 Å². The van der Waals surface area contributed by atoms with E-state index < -0.39 is 0 Å². The molecule has 1 aliphatic rings. The normalized spacial score (nSPS) is 25.6. The molecule has 0 aromatic heterocycles. The van der Waals surface area contributed by atoms with Gasteiger partial charge in [0, 0.05) is 28.2 Å². The lowest BCUT2D eigenvalue weighted by Crippen LogP contribution is -2.46. The van der Waals surface area contributed by atoms with Crippen molar-refractivity contribution in [3.05, 3.63) is 33.8 Å². The first kappa shape index (κ1) is 16.1. The quantitative estimate of drug-likeness (QED) is 0.879. The lowest BCUT2D eigenvalue weighted by molar-refractivity contribution is 0.161. The largest absolute Gasteiger partial charge is 0.307 e. The molecule has 3 unspecified atom stereocenters. The van der Waals surface area contributed by atoms with Crippen molar-refractivity contribution in [2.24, 2.45) is 0 Å². The van der Waals surface area contributed by atoms with E-state index in [-0.39, 0.29) is 0 Å². The zero-order valence-corrected chi connectivity index (χ0v) is 14.0. The molecule has 1 aromatic carbocycles. The SMILES string of the molecule is CCC(NC1CCN(C)C(C)C1)c1ccc(Cl)cc1Cl. The number of likely N-dealkylation sites (tertiary alicyclic amines) is 1. The molecule has 3 atom stereocenters. The Morgan fingerprint density at radius 3 is 2.75 bits per heavy atom. The van der Waals surface area contributed by atoms with Gasteiger partial charge in [-0.15, -0.1) is 0 Å². The van der Waals surface area contributed by atoms with E-state index in [9.17, 15) is 0 Å². The van der Waals surface area contributed by atoms with E-state index in [4.69, 9.17) is 23.2 Å². The van der Waals surface area contributed by atoms with Crippen LogP contribution in [0.4, 0.5) is 0 Å². The van der Waals surface area contributed by atoms with Crippen LogP contribution in [0.5, 0.6) is 0 Å². The first-order valence-electron chi connectivity index (χ1n) is 7.42. The molecule has 1 fully saturated rings. The lowest BCUT2D eigenvalue weighted by atomic mass is 9.96. The summed E-state index contributed by atoms with van der Waals surface area (Å²) in [6, 6.07) is 7.31. The number of nitrogens with one attached hydrogen (secondary N) is 1. The van der Waals surface area contributed by atoms with E-state index in [0.717, 1.165) is 23.6 Å². The molecule has 0 radical (unpaired) electrons. The van der Waals surface area contributed by atoms with Gasteiger partial charge in [-0.2, -0.15) is 0 Å².